The van der Waals surface area contributed by atoms with Crippen molar-refractivity contribution in [2.24, 2.45) is 7.05 Å². The van der Waals surface area contributed by atoms with Crippen LogP contribution in [0.5, 0.6) is 5.75 Å². The molecule has 1 amide bonds. The highest BCUT2D eigenvalue weighted by molar-refractivity contribution is 5.77. The molecule has 0 aliphatic heterocycles. The van der Waals surface area contributed by atoms with Gasteiger partial charge in [-0.15, -0.1) is 0 Å². The van der Waals surface area contributed by atoms with Gasteiger partial charge in [0.15, 0.2) is 6.61 Å². The lowest BCUT2D eigenvalue weighted by Gasteiger charge is -2.08. The van der Waals surface area contributed by atoms with Crippen molar-refractivity contribution in [3.05, 3.63) is 66.7 Å². The van der Waals surface area contributed by atoms with Crippen molar-refractivity contribution in [2.75, 3.05) is 6.61 Å². The largest absolute Gasteiger partial charge is 0.484 e. The number of ether oxygens (including phenoxy) is 1. The summed E-state index contributed by atoms with van der Waals surface area (Å²) in [5.74, 6) is 0.455. The van der Waals surface area contributed by atoms with Crippen molar-refractivity contribution in [3.63, 3.8) is 0 Å². The van der Waals surface area contributed by atoms with Crippen LogP contribution in [0, 0.1) is 0 Å². The average molecular weight is 322 g/mol. The average Bonchev–Trinajstić information content (AvgIpc) is 3.06. The first-order chi connectivity index (χ1) is 11.7. The smallest absolute Gasteiger partial charge is 0.258 e. The molecule has 0 fully saturated rings. The molecule has 0 aliphatic carbocycles. The number of aryl methyl sites for hydroxylation is 1. The number of rotatable bonds is 6. The molecule has 0 spiro atoms. The van der Waals surface area contributed by atoms with Gasteiger partial charge < -0.3 is 10.1 Å². The molecule has 6 nitrogen and oxygen atoms in total. The molecule has 3 aromatic rings. The van der Waals surface area contributed by atoms with Gasteiger partial charge in [0.25, 0.3) is 5.91 Å². The number of hydrogen-bond acceptors (Lipinski definition) is 4. The Morgan fingerprint density at radius 3 is 2.88 bits per heavy atom. The first-order valence-corrected chi connectivity index (χ1v) is 7.59. The van der Waals surface area contributed by atoms with Crippen LogP contribution in [0.25, 0.3) is 11.1 Å². The van der Waals surface area contributed by atoms with Crippen molar-refractivity contribution < 1.29 is 9.53 Å². The predicted molar refractivity (Wildman–Crippen MR) is 90.2 cm³/mol. The molecule has 6 heteroatoms. The van der Waals surface area contributed by atoms with Crippen LogP contribution >= 0.6 is 0 Å². The van der Waals surface area contributed by atoms with Crippen molar-refractivity contribution >= 4 is 5.91 Å². The third-order valence-electron chi connectivity index (χ3n) is 3.43. The molecule has 3 rings (SSSR count). The second kappa shape index (κ2) is 7.41. The number of aromatic nitrogens is 3. The normalized spacial score (nSPS) is 10.4. The van der Waals surface area contributed by atoms with Gasteiger partial charge >= 0.3 is 0 Å². The zero-order valence-electron chi connectivity index (χ0n) is 13.3. The lowest BCUT2D eigenvalue weighted by Crippen LogP contribution is -2.28. The van der Waals surface area contributed by atoms with Crippen molar-refractivity contribution in [3.8, 4) is 16.9 Å². The fourth-order valence-corrected chi connectivity index (χ4v) is 2.23. The summed E-state index contributed by atoms with van der Waals surface area (Å²) in [6, 6.07) is 13.2. The molecule has 0 saturated carbocycles. The third kappa shape index (κ3) is 4.19. The van der Waals surface area contributed by atoms with Gasteiger partial charge in [-0.1, -0.05) is 18.2 Å². The molecule has 24 heavy (non-hydrogen) atoms. The second-order valence-corrected chi connectivity index (χ2v) is 5.32. The Labute approximate surface area is 140 Å². The van der Waals surface area contributed by atoms with E-state index in [0.29, 0.717) is 12.3 Å². The van der Waals surface area contributed by atoms with E-state index in [1.165, 1.54) is 0 Å². The van der Waals surface area contributed by atoms with Gasteiger partial charge in [-0.25, -0.2) is 0 Å². The number of nitrogens with zero attached hydrogens (tertiary/aromatic N) is 3. The van der Waals surface area contributed by atoms with Gasteiger partial charge in [-0.3, -0.25) is 14.5 Å². The van der Waals surface area contributed by atoms with E-state index in [-0.39, 0.29) is 12.5 Å². The standard InChI is InChI=1S/C18H18N4O2/c1-22-12-15(10-21-22)14-5-4-7-17(9-14)24-13-18(23)20-11-16-6-2-3-8-19-16/h2-10,12H,11,13H2,1H3,(H,20,23). The van der Waals surface area contributed by atoms with Gasteiger partial charge in [0.05, 0.1) is 18.4 Å². The third-order valence-corrected chi connectivity index (χ3v) is 3.43. The molecule has 0 atom stereocenters. The van der Waals surface area contributed by atoms with Crippen LogP contribution in [0.15, 0.2) is 61.1 Å². The van der Waals surface area contributed by atoms with Gasteiger partial charge in [-0.05, 0) is 29.8 Å². The van der Waals surface area contributed by atoms with E-state index in [4.69, 9.17) is 4.74 Å². The summed E-state index contributed by atoms with van der Waals surface area (Å²) >= 11 is 0. The Bertz CT molecular complexity index is 815. The minimum Gasteiger partial charge on any atom is -0.484 e. The predicted octanol–water partition coefficient (Wildman–Crippen LogP) is 2.18. The molecule has 1 N–H and O–H groups in total. The Balaban J connectivity index is 1.54. The first-order valence-electron chi connectivity index (χ1n) is 7.59. The summed E-state index contributed by atoms with van der Waals surface area (Å²) in [6.07, 6.45) is 5.42. The van der Waals surface area contributed by atoms with Crippen molar-refractivity contribution in [2.45, 2.75) is 6.54 Å². The molecule has 0 aliphatic rings. The molecular weight excluding hydrogens is 304 g/mol. The fraction of sp³-hybridized carbons (Fsp3) is 0.167. The molecule has 0 bridgehead atoms. The summed E-state index contributed by atoms with van der Waals surface area (Å²) < 4.78 is 7.31. The summed E-state index contributed by atoms with van der Waals surface area (Å²) in [5.41, 5.74) is 2.81. The summed E-state index contributed by atoms with van der Waals surface area (Å²) in [5, 5.41) is 6.93. The summed E-state index contributed by atoms with van der Waals surface area (Å²) in [7, 11) is 1.87. The summed E-state index contributed by atoms with van der Waals surface area (Å²) in [4.78, 5) is 16.0. The number of carbonyl (C=O) groups is 1. The number of carbonyl (C=O) groups excluding carboxylic acids is 1. The van der Waals surface area contributed by atoms with Crippen LogP contribution in [-0.2, 0) is 18.4 Å². The highest BCUT2D eigenvalue weighted by Gasteiger charge is 2.05. The zero-order chi connectivity index (χ0) is 16.8. The van der Waals surface area contributed by atoms with E-state index in [1.807, 2.05) is 55.7 Å². The number of hydrogen-bond donors (Lipinski definition) is 1. The minimum absolute atomic E-state index is 0.0384. The van der Waals surface area contributed by atoms with E-state index < -0.39 is 0 Å². The lowest BCUT2D eigenvalue weighted by molar-refractivity contribution is -0.123. The van der Waals surface area contributed by atoms with Crippen LogP contribution in [0.4, 0.5) is 0 Å². The SMILES string of the molecule is Cn1cc(-c2cccc(OCC(=O)NCc3ccccn3)c2)cn1. The Morgan fingerprint density at radius 1 is 1.21 bits per heavy atom. The monoisotopic (exact) mass is 322 g/mol. The molecular formula is C18H18N4O2. The topological polar surface area (TPSA) is 69.0 Å². The quantitative estimate of drug-likeness (QED) is 0.755. The molecule has 0 saturated heterocycles. The highest BCUT2D eigenvalue weighted by atomic mass is 16.5. The van der Waals surface area contributed by atoms with Crippen LogP contribution in [0.3, 0.4) is 0 Å². The summed E-state index contributed by atoms with van der Waals surface area (Å²) in [6.45, 7) is 0.349. The van der Waals surface area contributed by atoms with E-state index in [2.05, 4.69) is 15.4 Å². The van der Waals surface area contributed by atoms with Crippen LogP contribution in [0.1, 0.15) is 5.69 Å². The number of benzene rings is 1. The van der Waals surface area contributed by atoms with Gasteiger partial charge in [0, 0.05) is 25.0 Å². The minimum atomic E-state index is -0.188. The van der Waals surface area contributed by atoms with E-state index in [9.17, 15) is 4.79 Å². The Hall–Kier alpha value is -3.15. The molecule has 2 heterocycles. The van der Waals surface area contributed by atoms with Crippen LogP contribution < -0.4 is 10.1 Å². The second-order valence-electron chi connectivity index (χ2n) is 5.32. The number of amides is 1. The molecule has 122 valence electrons. The van der Waals surface area contributed by atoms with Gasteiger partial charge in [0.2, 0.25) is 0 Å². The highest BCUT2D eigenvalue weighted by Crippen LogP contribution is 2.23. The molecule has 0 unspecified atom stereocenters. The fourth-order valence-electron chi connectivity index (χ4n) is 2.23. The van der Waals surface area contributed by atoms with Crippen LogP contribution in [-0.4, -0.2) is 27.3 Å². The van der Waals surface area contributed by atoms with E-state index >= 15 is 0 Å². The maximum absolute atomic E-state index is 11.9. The molecule has 1 aromatic carbocycles. The molecule has 2 aromatic heterocycles. The Kier molecular flexibility index (Phi) is 4.86. The maximum Gasteiger partial charge on any atom is 0.258 e. The Morgan fingerprint density at radius 2 is 2.12 bits per heavy atom. The van der Waals surface area contributed by atoms with Gasteiger partial charge in [-0.2, -0.15) is 5.10 Å². The van der Waals surface area contributed by atoms with E-state index in [1.54, 1.807) is 17.1 Å². The maximum atomic E-state index is 11.9. The van der Waals surface area contributed by atoms with Gasteiger partial charge in [0.1, 0.15) is 5.75 Å². The van der Waals surface area contributed by atoms with Crippen molar-refractivity contribution in [1.82, 2.24) is 20.1 Å². The zero-order valence-corrected chi connectivity index (χ0v) is 13.3. The van der Waals surface area contributed by atoms with E-state index in [0.717, 1.165) is 16.8 Å². The first kappa shape index (κ1) is 15.7. The lowest BCUT2D eigenvalue weighted by atomic mass is 10.1. The van der Waals surface area contributed by atoms with Crippen molar-refractivity contribution in [1.29, 1.82) is 0 Å². The van der Waals surface area contributed by atoms with Crippen LogP contribution in [0.2, 0.25) is 0 Å². The molecule has 0 radical (unpaired) electrons. The number of nitrogens with one attached hydrogen (secondary N) is 1. The number of pyridine rings is 1.